The molecule has 1 amide bonds. The van der Waals surface area contributed by atoms with Gasteiger partial charge < -0.3 is 14.8 Å². The van der Waals surface area contributed by atoms with E-state index in [1.54, 1.807) is 7.11 Å². The van der Waals surface area contributed by atoms with E-state index in [0.29, 0.717) is 19.4 Å². The maximum absolute atomic E-state index is 11.8. The van der Waals surface area contributed by atoms with Crippen molar-refractivity contribution in [3.05, 3.63) is 29.8 Å². The third-order valence-corrected chi connectivity index (χ3v) is 4.00. The van der Waals surface area contributed by atoms with Crippen LogP contribution in [-0.4, -0.2) is 31.8 Å². The summed E-state index contributed by atoms with van der Waals surface area (Å²) in [6.07, 6.45) is 1.17. The number of ether oxygens (including phenoxy) is 2. The van der Waals surface area contributed by atoms with Gasteiger partial charge in [-0.05, 0) is 43.4 Å². The van der Waals surface area contributed by atoms with Crippen LogP contribution in [0.2, 0.25) is 0 Å². The zero-order chi connectivity index (χ0) is 17.5. The van der Waals surface area contributed by atoms with Crippen LogP contribution in [0.15, 0.2) is 24.3 Å². The van der Waals surface area contributed by atoms with Crippen LogP contribution in [0.4, 0.5) is 0 Å². The zero-order valence-electron chi connectivity index (χ0n) is 15.3. The van der Waals surface area contributed by atoms with Crippen molar-refractivity contribution in [1.29, 1.82) is 0 Å². The molecule has 0 unspecified atom stereocenters. The van der Waals surface area contributed by atoms with E-state index in [4.69, 9.17) is 9.47 Å². The molecule has 0 radical (unpaired) electrons. The number of rotatable bonds is 8. The first-order valence-electron chi connectivity index (χ1n) is 8.29. The lowest BCUT2D eigenvalue weighted by molar-refractivity contribution is -0.122. The van der Waals surface area contributed by atoms with Gasteiger partial charge in [0.15, 0.2) is 0 Å². The summed E-state index contributed by atoms with van der Waals surface area (Å²) in [5, 5.41) is 2.93. The Morgan fingerprint density at radius 1 is 1.17 bits per heavy atom. The second-order valence-electron chi connectivity index (χ2n) is 7.02. The maximum Gasteiger partial charge on any atom is 0.220 e. The molecular formula is C19H31NO3. The van der Waals surface area contributed by atoms with E-state index in [1.807, 2.05) is 26.0 Å². The Balaban J connectivity index is 2.28. The summed E-state index contributed by atoms with van der Waals surface area (Å²) in [7, 11) is 1.64. The zero-order valence-corrected chi connectivity index (χ0v) is 15.3. The van der Waals surface area contributed by atoms with Crippen molar-refractivity contribution in [2.45, 2.75) is 65.0 Å². The van der Waals surface area contributed by atoms with Crippen LogP contribution in [0, 0.1) is 0 Å². The molecule has 130 valence electrons. The quantitative estimate of drug-likeness (QED) is 0.743. The van der Waals surface area contributed by atoms with E-state index in [0.717, 1.165) is 5.75 Å². The fraction of sp³-hybridized carbons (Fsp3) is 0.632. The first kappa shape index (κ1) is 19.5. The smallest absolute Gasteiger partial charge is 0.220 e. The molecule has 1 N–H and O–H groups in total. The first-order chi connectivity index (χ1) is 10.7. The number of methoxy groups -OCH3 is 1. The van der Waals surface area contributed by atoms with Crippen molar-refractivity contribution in [3.8, 4) is 5.75 Å². The molecule has 1 aromatic rings. The molecule has 0 saturated heterocycles. The number of carbonyl (C=O) groups is 1. The summed E-state index contributed by atoms with van der Waals surface area (Å²) in [5.74, 6) is 0.882. The maximum atomic E-state index is 11.8. The number of carbonyl (C=O) groups excluding carboxylic acids is 1. The highest BCUT2D eigenvalue weighted by Gasteiger charge is 2.14. The van der Waals surface area contributed by atoms with Crippen LogP contribution in [0.3, 0.4) is 0 Å². The predicted molar refractivity (Wildman–Crippen MR) is 93.9 cm³/mol. The molecule has 0 heterocycles. The lowest BCUT2D eigenvalue weighted by Gasteiger charge is -2.20. The van der Waals surface area contributed by atoms with Gasteiger partial charge in [-0.25, -0.2) is 0 Å². The minimum absolute atomic E-state index is 0.0107. The van der Waals surface area contributed by atoms with Gasteiger partial charge in [-0.15, -0.1) is 0 Å². The Morgan fingerprint density at radius 3 is 2.30 bits per heavy atom. The fourth-order valence-corrected chi connectivity index (χ4v) is 2.12. The van der Waals surface area contributed by atoms with Gasteiger partial charge in [-0.3, -0.25) is 4.79 Å². The summed E-state index contributed by atoms with van der Waals surface area (Å²) in [6, 6.07) is 8.18. The average Bonchev–Trinajstić information content (AvgIpc) is 2.50. The van der Waals surface area contributed by atoms with Crippen molar-refractivity contribution in [2.24, 2.45) is 0 Å². The number of amides is 1. The predicted octanol–water partition coefficient (Wildman–Crippen LogP) is 3.68. The molecule has 1 aromatic carbocycles. The van der Waals surface area contributed by atoms with Crippen LogP contribution in [0.25, 0.3) is 0 Å². The van der Waals surface area contributed by atoms with Gasteiger partial charge >= 0.3 is 0 Å². The lowest BCUT2D eigenvalue weighted by Crippen LogP contribution is -2.40. The standard InChI is InChI=1S/C19H31NO3/c1-14(15(2)22-6)20-18(21)8-7-13-23-17-11-9-16(10-12-17)19(3,4)5/h9-12,14-15H,7-8,13H2,1-6H3,(H,20,21)/t14-,15-/m0/s1. The van der Waals surface area contributed by atoms with Gasteiger partial charge in [-0.2, -0.15) is 0 Å². The van der Waals surface area contributed by atoms with Crippen molar-refractivity contribution in [1.82, 2.24) is 5.32 Å². The van der Waals surface area contributed by atoms with E-state index in [2.05, 4.69) is 38.2 Å². The molecular weight excluding hydrogens is 290 g/mol. The third kappa shape index (κ3) is 7.04. The SMILES string of the molecule is CO[C@@H](C)[C@H](C)NC(=O)CCCOc1ccc(C(C)(C)C)cc1. The highest BCUT2D eigenvalue weighted by Crippen LogP contribution is 2.24. The van der Waals surface area contributed by atoms with Crippen LogP contribution in [-0.2, 0) is 14.9 Å². The molecule has 0 aliphatic rings. The summed E-state index contributed by atoms with van der Waals surface area (Å²) in [4.78, 5) is 11.8. The summed E-state index contributed by atoms with van der Waals surface area (Å²) in [5.41, 5.74) is 1.43. The molecule has 4 nitrogen and oxygen atoms in total. The van der Waals surface area contributed by atoms with Gasteiger partial charge in [0.1, 0.15) is 5.75 Å². The number of hydrogen-bond donors (Lipinski definition) is 1. The van der Waals surface area contributed by atoms with Crippen molar-refractivity contribution >= 4 is 5.91 Å². The molecule has 0 aromatic heterocycles. The molecule has 0 saturated carbocycles. The molecule has 23 heavy (non-hydrogen) atoms. The van der Waals surface area contributed by atoms with E-state index >= 15 is 0 Å². The largest absolute Gasteiger partial charge is 0.494 e. The summed E-state index contributed by atoms with van der Waals surface area (Å²) >= 11 is 0. The Labute approximate surface area is 140 Å². The minimum Gasteiger partial charge on any atom is -0.494 e. The highest BCUT2D eigenvalue weighted by molar-refractivity contribution is 5.76. The van der Waals surface area contributed by atoms with Crippen LogP contribution < -0.4 is 10.1 Å². The van der Waals surface area contributed by atoms with Gasteiger partial charge in [0.2, 0.25) is 5.91 Å². The van der Waals surface area contributed by atoms with Gasteiger partial charge in [0.25, 0.3) is 0 Å². The minimum atomic E-state index is 0.0107. The van der Waals surface area contributed by atoms with E-state index in [-0.39, 0.29) is 23.5 Å². The molecule has 0 aliphatic carbocycles. The molecule has 2 atom stereocenters. The van der Waals surface area contributed by atoms with Gasteiger partial charge in [0.05, 0.1) is 18.8 Å². The third-order valence-electron chi connectivity index (χ3n) is 4.00. The molecule has 1 rings (SSSR count). The molecule has 4 heteroatoms. The van der Waals surface area contributed by atoms with Crippen molar-refractivity contribution in [3.63, 3.8) is 0 Å². The van der Waals surface area contributed by atoms with E-state index in [1.165, 1.54) is 5.56 Å². The van der Waals surface area contributed by atoms with Gasteiger partial charge in [-0.1, -0.05) is 32.9 Å². The highest BCUT2D eigenvalue weighted by atomic mass is 16.5. The topological polar surface area (TPSA) is 47.6 Å². The van der Waals surface area contributed by atoms with Gasteiger partial charge in [0, 0.05) is 13.5 Å². The summed E-state index contributed by atoms with van der Waals surface area (Å²) in [6.45, 7) is 11.0. The average molecular weight is 321 g/mol. The van der Waals surface area contributed by atoms with Crippen LogP contribution in [0.5, 0.6) is 5.75 Å². The molecule has 0 fully saturated rings. The summed E-state index contributed by atoms with van der Waals surface area (Å²) < 4.78 is 10.9. The Morgan fingerprint density at radius 2 is 1.78 bits per heavy atom. The van der Waals surface area contributed by atoms with Crippen LogP contribution in [0.1, 0.15) is 53.0 Å². The van der Waals surface area contributed by atoms with E-state index < -0.39 is 0 Å². The molecule has 0 aliphatic heterocycles. The first-order valence-corrected chi connectivity index (χ1v) is 8.29. The fourth-order valence-electron chi connectivity index (χ4n) is 2.12. The Bertz CT molecular complexity index is 476. The van der Waals surface area contributed by atoms with Crippen molar-refractivity contribution in [2.75, 3.05) is 13.7 Å². The Hall–Kier alpha value is -1.55. The second-order valence-corrected chi connectivity index (χ2v) is 7.02. The normalized spacial score (nSPS) is 14.2. The number of benzene rings is 1. The molecule has 0 bridgehead atoms. The van der Waals surface area contributed by atoms with E-state index in [9.17, 15) is 4.79 Å². The number of hydrogen-bond acceptors (Lipinski definition) is 3. The number of nitrogens with one attached hydrogen (secondary N) is 1. The Kier molecular flexibility index (Phi) is 7.56. The van der Waals surface area contributed by atoms with Crippen LogP contribution >= 0.6 is 0 Å². The second kappa shape index (κ2) is 8.92. The van der Waals surface area contributed by atoms with Crippen molar-refractivity contribution < 1.29 is 14.3 Å². The molecule has 0 spiro atoms. The monoisotopic (exact) mass is 321 g/mol. The lowest BCUT2D eigenvalue weighted by atomic mass is 9.87.